The van der Waals surface area contributed by atoms with Crippen LogP contribution in [0.1, 0.15) is 43.5 Å². The normalized spacial score (nSPS) is 27.0. The number of allylic oxidation sites excluding steroid dienone is 2. The Morgan fingerprint density at radius 2 is 2.13 bits per heavy atom. The summed E-state index contributed by atoms with van der Waals surface area (Å²) in [5.74, 6) is 0. The minimum absolute atomic E-state index is 0.102. The Bertz CT molecular complexity index is 932. The molecule has 23 heavy (non-hydrogen) atoms. The topological polar surface area (TPSA) is 53.4 Å². The van der Waals surface area contributed by atoms with Crippen LogP contribution in [-0.4, -0.2) is 32.9 Å². The highest BCUT2D eigenvalue weighted by atomic mass is 16.1. The fraction of sp³-hybridized carbons (Fsp3) is 0.444. The van der Waals surface area contributed by atoms with E-state index in [2.05, 4.69) is 34.1 Å². The summed E-state index contributed by atoms with van der Waals surface area (Å²) < 4.78 is 2.02. The lowest BCUT2D eigenvalue weighted by Crippen LogP contribution is -2.48. The quantitative estimate of drug-likeness (QED) is 0.813. The summed E-state index contributed by atoms with van der Waals surface area (Å²) in [5.41, 5.74) is 5.09. The molecule has 1 unspecified atom stereocenters. The predicted molar refractivity (Wildman–Crippen MR) is 89.3 cm³/mol. The van der Waals surface area contributed by atoms with Crippen molar-refractivity contribution in [3.63, 3.8) is 0 Å². The number of nitrogens with one attached hydrogen (secondary N) is 1. The Balaban J connectivity index is 1.94. The van der Waals surface area contributed by atoms with E-state index < -0.39 is 0 Å². The highest BCUT2D eigenvalue weighted by molar-refractivity contribution is 5.88. The minimum atomic E-state index is -0.122. The maximum atomic E-state index is 12.4. The van der Waals surface area contributed by atoms with Gasteiger partial charge in [0.25, 0.3) is 5.56 Å². The van der Waals surface area contributed by atoms with Gasteiger partial charge >= 0.3 is 0 Å². The van der Waals surface area contributed by atoms with Crippen molar-refractivity contribution in [2.75, 3.05) is 13.6 Å². The minimum Gasteiger partial charge on any atom is -0.317 e. The predicted octanol–water partition coefficient (Wildman–Crippen LogP) is 2.45. The van der Waals surface area contributed by atoms with Gasteiger partial charge in [-0.2, -0.15) is 0 Å². The molecule has 5 heteroatoms. The monoisotopic (exact) mass is 308 g/mol. The molecule has 2 aromatic rings. The Labute approximate surface area is 134 Å². The van der Waals surface area contributed by atoms with Crippen molar-refractivity contribution in [3.05, 3.63) is 51.9 Å². The highest BCUT2D eigenvalue weighted by Crippen LogP contribution is 2.55. The summed E-state index contributed by atoms with van der Waals surface area (Å²) in [4.78, 5) is 22.3. The van der Waals surface area contributed by atoms with Gasteiger partial charge in [0.15, 0.2) is 0 Å². The van der Waals surface area contributed by atoms with Crippen LogP contribution in [0, 0.1) is 0 Å². The molecule has 3 aliphatic rings. The first-order valence-electron chi connectivity index (χ1n) is 8.46. The third-order valence-electron chi connectivity index (χ3n) is 5.75. The van der Waals surface area contributed by atoms with Crippen LogP contribution >= 0.6 is 0 Å². The zero-order valence-electron chi connectivity index (χ0n) is 13.3. The van der Waals surface area contributed by atoms with Gasteiger partial charge in [0.1, 0.15) is 0 Å². The molecule has 118 valence electrons. The van der Waals surface area contributed by atoms with Crippen LogP contribution in [0.4, 0.5) is 0 Å². The van der Waals surface area contributed by atoms with Crippen molar-refractivity contribution in [1.82, 2.24) is 19.3 Å². The lowest BCUT2D eigenvalue weighted by molar-refractivity contribution is 0.107. The third-order valence-corrected chi connectivity index (χ3v) is 5.75. The van der Waals surface area contributed by atoms with E-state index >= 15 is 0 Å². The fourth-order valence-electron chi connectivity index (χ4n) is 4.78. The van der Waals surface area contributed by atoms with Crippen molar-refractivity contribution >= 4 is 11.2 Å². The van der Waals surface area contributed by atoms with E-state index in [0.29, 0.717) is 5.65 Å². The second kappa shape index (κ2) is 4.45. The molecule has 2 aromatic heterocycles. The molecular weight excluding hydrogens is 288 g/mol. The molecule has 1 N–H and O–H groups in total. The molecule has 0 amide bonds. The number of rotatable bonds is 0. The van der Waals surface area contributed by atoms with E-state index in [0.717, 1.165) is 31.5 Å². The lowest BCUT2D eigenvalue weighted by Gasteiger charge is -2.44. The molecule has 1 atom stereocenters. The molecule has 0 radical (unpaired) electrons. The number of nitrogens with zero attached hydrogens (tertiary/aromatic N) is 3. The highest BCUT2D eigenvalue weighted by Gasteiger charge is 2.51. The molecule has 1 fully saturated rings. The standard InChI is InChI=1S/C18H20N4O/c1-21-10-5-4-8-18(21)13-7-3-2-6-12(13)14-15(18)22-11-9-19-16(22)17(23)20-14/h6-7,9,11H,2-5,8,10H2,1H3,(H,20,23). The first kappa shape index (κ1) is 13.3. The number of likely N-dealkylation sites (N-methyl/N-ethyl adjacent to an activating group) is 1. The number of hydrogen-bond donors (Lipinski definition) is 1. The number of hydrogen-bond acceptors (Lipinski definition) is 3. The maximum absolute atomic E-state index is 12.4. The third kappa shape index (κ3) is 1.51. The average molecular weight is 308 g/mol. The van der Waals surface area contributed by atoms with Crippen LogP contribution in [0.5, 0.6) is 0 Å². The van der Waals surface area contributed by atoms with E-state index in [1.165, 1.54) is 29.7 Å². The molecule has 5 rings (SSSR count). The van der Waals surface area contributed by atoms with Crippen molar-refractivity contribution in [3.8, 4) is 0 Å². The van der Waals surface area contributed by atoms with Gasteiger partial charge in [-0.3, -0.25) is 14.1 Å². The Kier molecular flexibility index (Phi) is 2.57. The molecule has 2 aliphatic carbocycles. The maximum Gasteiger partial charge on any atom is 0.292 e. The zero-order chi connectivity index (χ0) is 15.6. The lowest BCUT2D eigenvalue weighted by atomic mass is 9.79. The van der Waals surface area contributed by atoms with Gasteiger partial charge in [-0.25, -0.2) is 4.98 Å². The first-order chi connectivity index (χ1) is 11.2. The molecule has 1 saturated heterocycles. The summed E-state index contributed by atoms with van der Waals surface area (Å²) >= 11 is 0. The second-order valence-electron chi connectivity index (χ2n) is 6.85. The molecule has 0 aromatic carbocycles. The number of aromatic nitrogens is 3. The van der Waals surface area contributed by atoms with Crippen LogP contribution in [0.2, 0.25) is 0 Å². The number of piperidine rings is 1. The molecule has 5 nitrogen and oxygen atoms in total. The Morgan fingerprint density at radius 1 is 1.26 bits per heavy atom. The van der Waals surface area contributed by atoms with Gasteiger partial charge in [0.05, 0.1) is 16.9 Å². The van der Waals surface area contributed by atoms with E-state index in [9.17, 15) is 4.79 Å². The number of H-pyrrole nitrogens is 1. The van der Waals surface area contributed by atoms with Crippen LogP contribution in [0.25, 0.3) is 11.2 Å². The summed E-state index contributed by atoms with van der Waals surface area (Å²) in [6, 6.07) is 0. The van der Waals surface area contributed by atoms with Gasteiger partial charge in [0.2, 0.25) is 5.65 Å². The van der Waals surface area contributed by atoms with E-state index in [1.807, 2.05) is 10.6 Å². The second-order valence-corrected chi connectivity index (χ2v) is 6.85. The number of likely N-dealkylation sites (tertiary alicyclic amines) is 1. The number of aromatic amines is 1. The van der Waals surface area contributed by atoms with Gasteiger partial charge in [0, 0.05) is 18.0 Å². The molecule has 0 bridgehead atoms. The van der Waals surface area contributed by atoms with Crippen molar-refractivity contribution in [1.29, 1.82) is 0 Å². The molecule has 1 aliphatic heterocycles. The number of imidazole rings is 1. The van der Waals surface area contributed by atoms with Gasteiger partial charge < -0.3 is 4.98 Å². The van der Waals surface area contributed by atoms with E-state index in [1.54, 1.807) is 6.20 Å². The van der Waals surface area contributed by atoms with Gasteiger partial charge in [-0.15, -0.1) is 0 Å². The van der Waals surface area contributed by atoms with Crippen LogP contribution in [0.15, 0.2) is 34.9 Å². The van der Waals surface area contributed by atoms with Gasteiger partial charge in [-0.1, -0.05) is 12.2 Å². The van der Waals surface area contributed by atoms with Gasteiger partial charge in [-0.05, 0) is 51.3 Å². The molecule has 3 heterocycles. The average Bonchev–Trinajstić information content (AvgIpc) is 3.14. The van der Waals surface area contributed by atoms with Crippen LogP contribution in [0.3, 0.4) is 0 Å². The molecule has 1 spiro atoms. The zero-order valence-corrected chi connectivity index (χ0v) is 13.3. The smallest absolute Gasteiger partial charge is 0.292 e. The SMILES string of the molecule is CN1CCCCC12C1=CCCC=C1c1[nH]c(=O)c3nccn3c12. The van der Waals surface area contributed by atoms with E-state index in [4.69, 9.17) is 0 Å². The van der Waals surface area contributed by atoms with Crippen LogP contribution < -0.4 is 5.56 Å². The molecule has 0 saturated carbocycles. The first-order valence-corrected chi connectivity index (χ1v) is 8.46. The van der Waals surface area contributed by atoms with Crippen molar-refractivity contribution < 1.29 is 0 Å². The summed E-state index contributed by atoms with van der Waals surface area (Å²) in [5, 5.41) is 0. The van der Waals surface area contributed by atoms with E-state index in [-0.39, 0.29) is 11.1 Å². The summed E-state index contributed by atoms with van der Waals surface area (Å²) in [6.07, 6.45) is 14.0. The number of fused-ring (bicyclic) bond motifs is 7. The Morgan fingerprint density at radius 3 is 3.00 bits per heavy atom. The van der Waals surface area contributed by atoms with Crippen molar-refractivity contribution in [2.45, 2.75) is 37.6 Å². The summed E-state index contributed by atoms with van der Waals surface area (Å²) in [6.45, 7) is 1.08. The largest absolute Gasteiger partial charge is 0.317 e. The van der Waals surface area contributed by atoms with Crippen LogP contribution in [-0.2, 0) is 5.54 Å². The Hall–Kier alpha value is -2.14. The summed E-state index contributed by atoms with van der Waals surface area (Å²) in [7, 11) is 2.22. The van der Waals surface area contributed by atoms with Crippen molar-refractivity contribution in [2.24, 2.45) is 0 Å². The fourth-order valence-corrected chi connectivity index (χ4v) is 4.78. The molecular formula is C18H20N4O.